The number of ether oxygens (including phenoxy) is 1. The molecule has 2 heterocycles. The van der Waals surface area contributed by atoms with Gasteiger partial charge in [-0.3, -0.25) is 15.2 Å². The summed E-state index contributed by atoms with van der Waals surface area (Å²) in [5.41, 5.74) is 1.27. The molecule has 14 heteroatoms. The Balaban J connectivity index is 1.69. The van der Waals surface area contributed by atoms with E-state index in [2.05, 4.69) is 20.0 Å². The summed E-state index contributed by atoms with van der Waals surface area (Å²) in [6.07, 6.45) is -4.08. The summed E-state index contributed by atoms with van der Waals surface area (Å²) in [5.74, 6) is -3.63. The van der Waals surface area contributed by atoms with Gasteiger partial charge in [0.05, 0.1) is 30.5 Å². The average Bonchev–Trinajstić information content (AvgIpc) is 3.25. The smallest absolute Gasteiger partial charge is 0.419 e. The lowest BCUT2D eigenvalue weighted by molar-refractivity contribution is -0.139. The van der Waals surface area contributed by atoms with Crippen molar-refractivity contribution in [2.45, 2.75) is 19.1 Å². The largest absolute Gasteiger partial charge is 0.479 e. The van der Waals surface area contributed by atoms with Gasteiger partial charge in [-0.15, -0.1) is 0 Å². The van der Waals surface area contributed by atoms with Crippen LogP contribution < -0.4 is 20.9 Å². The Morgan fingerprint density at radius 1 is 1.12 bits per heavy atom. The average molecular weight is 485 g/mol. The third-order valence-electron chi connectivity index (χ3n) is 4.45. The van der Waals surface area contributed by atoms with Crippen molar-refractivity contribution in [2.24, 2.45) is 0 Å². The highest BCUT2D eigenvalue weighted by Gasteiger charge is 2.37. The van der Waals surface area contributed by atoms with Crippen LogP contribution in [0, 0.1) is 11.6 Å². The fourth-order valence-electron chi connectivity index (χ4n) is 2.91. The first kappa shape index (κ1) is 24.4. The van der Waals surface area contributed by atoms with Crippen molar-refractivity contribution in [3.05, 3.63) is 65.2 Å². The van der Waals surface area contributed by atoms with Gasteiger partial charge in [0.2, 0.25) is 5.76 Å². The van der Waals surface area contributed by atoms with E-state index in [0.29, 0.717) is 6.07 Å². The normalized spacial score (nSPS) is 12.1. The Morgan fingerprint density at radius 2 is 1.85 bits per heavy atom. The van der Waals surface area contributed by atoms with Gasteiger partial charge >= 0.3 is 18.1 Å². The molecule has 0 aliphatic rings. The maximum Gasteiger partial charge on any atom is 0.419 e. The number of benzene rings is 1. The Kier molecular flexibility index (Phi) is 6.98. The van der Waals surface area contributed by atoms with E-state index in [9.17, 15) is 31.5 Å². The lowest BCUT2D eigenvalue weighted by atomic mass is 9.99. The Labute approximate surface area is 188 Å². The molecule has 0 fully saturated rings. The number of carbonyl (C=O) groups excluding carboxylic acids is 2. The van der Waals surface area contributed by atoms with Crippen molar-refractivity contribution in [3.8, 4) is 17.0 Å². The van der Waals surface area contributed by atoms with Crippen LogP contribution in [0.4, 0.5) is 26.7 Å². The number of alkyl halides is 3. The number of nitrogens with zero attached hydrogens (tertiary/aromatic N) is 2. The molecule has 9 nitrogen and oxygen atoms in total. The van der Waals surface area contributed by atoms with Crippen molar-refractivity contribution < 1.29 is 40.8 Å². The van der Waals surface area contributed by atoms with Crippen molar-refractivity contribution >= 4 is 11.9 Å². The van der Waals surface area contributed by atoms with E-state index >= 15 is 0 Å². The van der Waals surface area contributed by atoms with E-state index < -0.39 is 46.9 Å². The zero-order chi connectivity index (χ0) is 25.0. The van der Waals surface area contributed by atoms with Gasteiger partial charge in [0, 0.05) is 11.8 Å². The quantitative estimate of drug-likeness (QED) is 0.374. The lowest BCUT2D eigenvalue weighted by Crippen LogP contribution is -2.47. The molecular formula is C20H16F5N5O4. The number of amides is 3. The predicted octanol–water partition coefficient (Wildman–Crippen LogP) is 3.75. The highest BCUT2D eigenvalue weighted by atomic mass is 19.4. The van der Waals surface area contributed by atoms with E-state index in [0.717, 1.165) is 24.4 Å². The lowest BCUT2D eigenvalue weighted by Gasteiger charge is -2.17. The molecule has 0 aliphatic heterocycles. The topological polar surface area (TPSA) is 118 Å². The van der Waals surface area contributed by atoms with Crippen LogP contribution in [-0.2, 0) is 6.18 Å². The van der Waals surface area contributed by atoms with Crippen molar-refractivity contribution in [1.82, 2.24) is 26.3 Å². The third-order valence-corrected chi connectivity index (χ3v) is 4.45. The minimum atomic E-state index is -5.01. The van der Waals surface area contributed by atoms with Gasteiger partial charge in [0.25, 0.3) is 5.88 Å². The molecule has 1 atom stereocenters. The number of urea groups is 1. The van der Waals surface area contributed by atoms with Gasteiger partial charge in [-0.1, -0.05) is 12.1 Å². The first-order chi connectivity index (χ1) is 16.0. The van der Waals surface area contributed by atoms with Crippen LogP contribution >= 0.6 is 0 Å². The molecule has 0 spiro atoms. The number of hydrogen-bond acceptors (Lipinski definition) is 6. The summed E-state index contributed by atoms with van der Waals surface area (Å²) in [6, 6.07) is 2.59. The molecule has 180 valence electrons. The van der Waals surface area contributed by atoms with E-state index in [4.69, 9.17) is 4.74 Å². The number of aromatic nitrogens is 2. The van der Waals surface area contributed by atoms with Gasteiger partial charge in [-0.05, 0) is 29.8 Å². The fraction of sp³-hybridized carbons (Fsp3) is 0.200. The zero-order valence-corrected chi connectivity index (χ0v) is 17.5. The van der Waals surface area contributed by atoms with E-state index in [1.54, 1.807) is 0 Å². The standard InChI is InChI=1S/C20H16F5N5O4/c1-9(27-19(32)29-28-18(31)14-7-15(33-2)30-34-14)17-13(22)6-10(8-26-17)11-4-3-5-12(21)16(11)20(23,24)25/h3-9H,1-2H3,(H,28,31)(H2,27,29,32). The number of rotatable bonds is 5. The molecule has 1 aromatic carbocycles. The Morgan fingerprint density at radius 3 is 2.47 bits per heavy atom. The number of methoxy groups -OCH3 is 1. The number of nitrogens with one attached hydrogen (secondary N) is 3. The van der Waals surface area contributed by atoms with Gasteiger partial charge in [-0.2, -0.15) is 13.2 Å². The molecular weight excluding hydrogens is 469 g/mol. The van der Waals surface area contributed by atoms with Crippen molar-refractivity contribution in [1.29, 1.82) is 0 Å². The second kappa shape index (κ2) is 9.72. The zero-order valence-electron chi connectivity index (χ0n) is 17.5. The number of hydrazine groups is 1. The SMILES string of the molecule is COc1cc(C(=O)NNC(=O)NC(C)c2ncc(-c3cccc(F)c3C(F)(F)F)cc2F)on1. The molecule has 34 heavy (non-hydrogen) atoms. The van der Waals surface area contributed by atoms with Gasteiger partial charge in [-0.25, -0.2) is 19.0 Å². The van der Waals surface area contributed by atoms with Gasteiger partial charge in [0.15, 0.2) is 0 Å². The van der Waals surface area contributed by atoms with Crippen LogP contribution in [0.15, 0.2) is 41.1 Å². The highest BCUT2D eigenvalue weighted by Crippen LogP contribution is 2.39. The van der Waals surface area contributed by atoms with Gasteiger partial charge in [0.1, 0.15) is 11.6 Å². The molecule has 0 saturated carbocycles. The summed E-state index contributed by atoms with van der Waals surface area (Å²) < 4.78 is 77.6. The molecule has 0 saturated heterocycles. The van der Waals surface area contributed by atoms with Gasteiger partial charge < -0.3 is 14.6 Å². The number of carbonyl (C=O) groups is 2. The monoisotopic (exact) mass is 485 g/mol. The van der Waals surface area contributed by atoms with Crippen molar-refractivity contribution in [2.75, 3.05) is 7.11 Å². The van der Waals surface area contributed by atoms with Crippen LogP contribution in [0.1, 0.15) is 34.8 Å². The van der Waals surface area contributed by atoms with Crippen molar-refractivity contribution in [3.63, 3.8) is 0 Å². The fourth-order valence-corrected chi connectivity index (χ4v) is 2.91. The molecule has 3 aromatic rings. The minimum absolute atomic E-state index is 0.0359. The number of halogens is 5. The summed E-state index contributed by atoms with van der Waals surface area (Å²) in [5, 5.41) is 5.70. The Bertz CT molecular complexity index is 1210. The molecule has 0 bridgehead atoms. The van der Waals surface area contributed by atoms with Crippen LogP contribution in [0.5, 0.6) is 5.88 Å². The first-order valence-corrected chi connectivity index (χ1v) is 9.40. The first-order valence-electron chi connectivity index (χ1n) is 9.40. The summed E-state index contributed by atoms with van der Waals surface area (Å²) >= 11 is 0. The molecule has 2 aromatic heterocycles. The van der Waals surface area contributed by atoms with Crippen LogP contribution in [0.25, 0.3) is 11.1 Å². The molecule has 0 radical (unpaired) electrons. The summed E-state index contributed by atoms with van der Waals surface area (Å²) in [7, 11) is 1.31. The molecule has 0 aliphatic carbocycles. The second-order valence-electron chi connectivity index (χ2n) is 6.76. The number of pyridine rings is 1. The molecule has 3 rings (SSSR count). The summed E-state index contributed by atoms with van der Waals surface area (Å²) in [6.45, 7) is 1.34. The Hall–Kier alpha value is -4.23. The predicted molar refractivity (Wildman–Crippen MR) is 105 cm³/mol. The van der Waals surface area contributed by atoms with E-state index in [1.165, 1.54) is 20.1 Å². The minimum Gasteiger partial charge on any atom is -0.479 e. The third kappa shape index (κ3) is 5.39. The second-order valence-corrected chi connectivity index (χ2v) is 6.76. The maximum atomic E-state index is 14.6. The van der Waals surface area contributed by atoms with Crippen LogP contribution in [0.3, 0.4) is 0 Å². The molecule has 3 amide bonds. The summed E-state index contributed by atoms with van der Waals surface area (Å²) in [4.78, 5) is 27.6. The molecule has 1 unspecified atom stereocenters. The van der Waals surface area contributed by atoms with Crippen LogP contribution in [-0.4, -0.2) is 29.2 Å². The molecule has 3 N–H and O–H groups in total. The highest BCUT2D eigenvalue weighted by molar-refractivity contribution is 5.92. The maximum absolute atomic E-state index is 14.6. The van der Waals surface area contributed by atoms with Crippen LogP contribution in [0.2, 0.25) is 0 Å². The number of hydrogen-bond donors (Lipinski definition) is 3. The van der Waals surface area contributed by atoms with E-state index in [1.807, 2.05) is 10.9 Å². The van der Waals surface area contributed by atoms with E-state index in [-0.39, 0.29) is 22.9 Å².